The highest BCUT2D eigenvalue weighted by atomic mass is 16.5. The van der Waals surface area contributed by atoms with Gasteiger partial charge >= 0.3 is 11.9 Å². The van der Waals surface area contributed by atoms with E-state index in [0.717, 1.165) is 0 Å². The third-order valence-corrected chi connectivity index (χ3v) is 3.11. The van der Waals surface area contributed by atoms with Crippen molar-refractivity contribution >= 4 is 29.5 Å². The molecular weight excluding hydrogens is 340 g/mol. The van der Waals surface area contributed by atoms with E-state index in [-0.39, 0.29) is 13.0 Å². The normalized spacial score (nSPS) is 9.88. The number of nitrogens with zero attached hydrogens (tertiary/aromatic N) is 2. The number of amides is 1. The number of benzene rings is 1. The molecule has 0 fully saturated rings. The maximum Gasteiger partial charge on any atom is 0.337 e. The van der Waals surface area contributed by atoms with E-state index >= 15 is 0 Å². The standard InChI is InChI=1S/C17H18N4O5/c1-25-16(24)12-4-2-5-13(10-12)21-14(22)11-26-15(23)6-9-20-17-18-7-3-8-19-17/h2-5,7-8,10H,6,9,11H2,1H3,(H,21,22)(H,18,19,20). The molecule has 1 heterocycles. The SMILES string of the molecule is COC(=O)c1cccc(NC(=O)COC(=O)CCNc2ncccn2)c1. The summed E-state index contributed by atoms with van der Waals surface area (Å²) in [5.74, 6) is -1.16. The molecule has 0 unspecified atom stereocenters. The molecule has 0 spiro atoms. The monoisotopic (exact) mass is 358 g/mol. The predicted molar refractivity (Wildman–Crippen MR) is 92.5 cm³/mol. The van der Waals surface area contributed by atoms with Crippen molar-refractivity contribution in [3.8, 4) is 0 Å². The molecule has 26 heavy (non-hydrogen) atoms. The van der Waals surface area contributed by atoms with E-state index in [9.17, 15) is 14.4 Å². The number of ether oxygens (including phenoxy) is 2. The molecule has 1 amide bonds. The van der Waals surface area contributed by atoms with E-state index in [1.54, 1.807) is 36.7 Å². The highest BCUT2D eigenvalue weighted by Gasteiger charge is 2.10. The van der Waals surface area contributed by atoms with E-state index < -0.39 is 24.5 Å². The fraction of sp³-hybridized carbons (Fsp3) is 0.235. The molecule has 0 aliphatic heterocycles. The van der Waals surface area contributed by atoms with E-state index in [1.807, 2.05) is 0 Å². The summed E-state index contributed by atoms with van der Waals surface area (Å²) < 4.78 is 9.50. The topological polar surface area (TPSA) is 120 Å². The van der Waals surface area contributed by atoms with E-state index in [2.05, 4.69) is 25.3 Å². The Morgan fingerprint density at radius 2 is 1.88 bits per heavy atom. The summed E-state index contributed by atoms with van der Waals surface area (Å²) in [5.41, 5.74) is 0.702. The van der Waals surface area contributed by atoms with Gasteiger partial charge in [-0.3, -0.25) is 9.59 Å². The van der Waals surface area contributed by atoms with E-state index in [4.69, 9.17) is 4.74 Å². The minimum Gasteiger partial charge on any atom is -0.465 e. The summed E-state index contributed by atoms with van der Waals surface area (Å²) in [4.78, 5) is 42.8. The molecule has 0 aliphatic carbocycles. The van der Waals surface area contributed by atoms with Gasteiger partial charge in [-0.15, -0.1) is 0 Å². The maximum atomic E-state index is 11.8. The first-order valence-electron chi connectivity index (χ1n) is 7.73. The molecule has 2 aromatic rings. The quantitative estimate of drug-likeness (QED) is 0.677. The van der Waals surface area contributed by atoms with Crippen LogP contribution in [0.15, 0.2) is 42.7 Å². The molecule has 0 bridgehead atoms. The Hall–Kier alpha value is -3.49. The Balaban J connectivity index is 1.71. The molecule has 1 aromatic heterocycles. The second-order valence-electron chi connectivity index (χ2n) is 5.03. The van der Waals surface area contributed by atoms with E-state index in [0.29, 0.717) is 17.2 Å². The highest BCUT2D eigenvalue weighted by Crippen LogP contribution is 2.11. The third-order valence-electron chi connectivity index (χ3n) is 3.11. The molecular formula is C17H18N4O5. The lowest BCUT2D eigenvalue weighted by Gasteiger charge is -2.08. The minimum absolute atomic E-state index is 0.0589. The summed E-state index contributed by atoms with van der Waals surface area (Å²) in [6.07, 6.45) is 3.21. The van der Waals surface area contributed by atoms with Gasteiger partial charge in [-0.2, -0.15) is 0 Å². The number of hydrogen-bond acceptors (Lipinski definition) is 8. The van der Waals surface area contributed by atoms with Crippen molar-refractivity contribution in [2.24, 2.45) is 0 Å². The Labute approximate surface area is 149 Å². The van der Waals surface area contributed by atoms with Crippen LogP contribution in [0.2, 0.25) is 0 Å². The first kappa shape index (κ1) is 18.8. The highest BCUT2D eigenvalue weighted by molar-refractivity contribution is 5.95. The van der Waals surface area contributed by atoms with Gasteiger partial charge < -0.3 is 20.1 Å². The summed E-state index contributed by atoms with van der Waals surface area (Å²) in [6, 6.07) is 7.92. The second-order valence-corrected chi connectivity index (χ2v) is 5.03. The van der Waals surface area contributed by atoms with Crippen LogP contribution in [0.3, 0.4) is 0 Å². The summed E-state index contributed by atoms with van der Waals surface area (Å²) in [5, 5.41) is 5.40. The van der Waals surface area contributed by atoms with Crippen molar-refractivity contribution in [2.45, 2.75) is 6.42 Å². The van der Waals surface area contributed by atoms with Crippen molar-refractivity contribution in [3.05, 3.63) is 48.3 Å². The van der Waals surface area contributed by atoms with Gasteiger partial charge in [-0.25, -0.2) is 14.8 Å². The molecule has 2 rings (SSSR count). The number of aromatic nitrogens is 2. The number of rotatable bonds is 8. The Morgan fingerprint density at radius 1 is 1.12 bits per heavy atom. The fourth-order valence-electron chi connectivity index (χ4n) is 1.92. The summed E-state index contributed by atoms with van der Waals surface area (Å²) in [6.45, 7) is -0.144. The van der Waals surface area contributed by atoms with Crippen molar-refractivity contribution < 1.29 is 23.9 Å². The number of hydrogen-bond donors (Lipinski definition) is 2. The number of carbonyl (C=O) groups is 3. The molecule has 1 aromatic carbocycles. The van der Waals surface area contributed by atoms with Gasteiger partial charge in [0, 0.05) is 24.6 Å². The number of anilines is 2. The van der Waals surface area contributed by atoms with Crippen LogP contribution in [0, 0.1) is 0 Å². The molecule has 0 saturated heterocycles. The van der Waals surface area contributed by atoms with Gasteiger partial charge in [0.25, 0.3) is 5.91 Å². The lowest BCUT2D eigenvalue weighted by molar-refractivity contribution is -0.147. The van der Waals surface area contributed by atoms with Gasteiger partial charge in [0.05, 0.1) is 19.1 Å². The zero-order chi connectivity index (χ0) is 18.8. The van der Waals surface area contributed by atoms with Crippen molar-refractivity contribution in [3.63, 3.8) is 0 Å². The lowest BCUT2D eigenvalue weighted by atomic mass is 10.2. The average Bonchev–Trinajstić information content (AvgIpc) is 2.67. The van der Waals surface area contributed by atoms with Crippen molar-refractivity contribution in [1.82, 2.24) is 9.97 Å². The van der Waals surface area contributed by atoms with Crippen LogP contribution >= 0.6 is 0 Å². The van der Waals surface area contributed by atoms with Crippen LogP contribution < -0.4 is 10.6 Å². The van der Waals surface area contributed by atoms with Crippen LogP contribution in [-0.2, 0) is 19.1 Å². The van der Waals surface area contributed by atoms with Gasteiger partial charge in [0.2, 0.25) is 5.95 Å². The van der Waals surface area contributed by atoms with Gasteiger partial charge in [0.15, 0.2) is 6.61 Å². The molecule has 0 saturated carbocycles. The minimum atomic E-state index is -0.535. The van der Waals surface area contributed by atoms with Crippen molar-refractivity contribution in [2.75, 3.05) is 30.9 Å². The lowest BCUT2D eigenvalue weighted by Crippen LogP contribution is -2.22. The third kappa shape index (κ3) is 6.19. The van der Waals surface area contributed by atoms with Gasteiger partial charge in [-0.05, 0) is 24.3 Å². The Morgan fingerprint density at radius 3 is 2.62 bits per heavy atom. The zero-order valence-electron chi connectivity index (χ0n) is 14.1. The summed E-state index contributed by atoms with van der Waals surface area (Å²) >= 11 is 0. The molecule has 0 aliphatic rings. The molecule has 0 atom stereocenters. The molecule has 9 heteroatoms. The van der Waals surface area contributed by atoms with Crippen LogP contribution in [-0.4, -0.2) is 48.1 Å². The first-order valence-corrected chi connectivity index (χ1v) is 7.73. The predicted octanol–water partition coefficient (Wildman–Crippen LogP) is 1.25. The Kier molecular flexibility index (Phi) is 7.04. The van der Waals surface area contributed by atoms with Crippen LogP contribution in [0.4, 0.5) is 11.6 Å². The van der Waals surface area contributed by atoms with Crippen molar-refractivity contribution in [1.29, 1.82) is 0 Å². The molecule has 2 N–H and O–H groups in total. The first-order chi connectivity index (χ1) is 12.6. The number of carbonyl (C=O) groups excluding carboxylic acids is 3. The number of methoxy groups -OCH3 is 1. The van der Waals surface area contributed by atoms with Crippen LogP contribution in [0.25, 0.3) is 0 Å². The largest absolute Gasteiger partial charge is 0.465 e. The maximum absolute atomic E-state index is 11.8. The van der Waals surface area contributed by atoms with Gasteiger partial charge in [0.1, 0.15) is 0 Å². The molecule has 9 nitrogen and oxygen atoms in total. The zero-order valence-corrected chi connectivity index (χ0v) is 14.1. The fourth-order valence-corrected chi connectivity index (χ4v) is 1.92. The summed E-state index contributed by atoms with van der Waals surface area (Å²) in [7, 11) is 1.27. The second kappa shape index (κ2) is 9.72. The average molecular weight is 358 g/mol. The van der Waals surface area contributed by atoms with Crippen LogP contribution in [0.1, 0.15) is 16.8 Å². The number of esters is 2. The smallest absolute Gasteiger partial charge is 0.337 e. The molecule has 0 radical (unpaired) electrons. The number of nitrogens with one attached hydrogen (secondary N) is 2. The Bertz CT molecular complexity index is 767. The van der Waals surface area contributed by atoms with E-state index in [1.165, 1.54) is 13.2 Å². The van der Waals surface area contributed by atoms with Gasteiger partial charge in [-0.1, -0.05) is 6.07 Å². The molecule has 136 valence electrons. The van der Waals surface area contributed by atoms with Crippen LogP contribution in [0.5, 0.6) is 0 Å².